The molecule has 0 bridgehead atoms. The Morgan fingerprint density at radius 2 is 1.25 bits per heavy atom. The van der Waals surface area contributed by atoms with Crippen molar-refractivity contribution in [2.75, 3.05) is 0 Å². The summed E-state index contributed by atoms with van der Waals surface area (Å²) in [6, 6.07) is 0. The number of hydrogen-bond donors (Lipinski definition) is 2. The molecule has 0 aliphatic rings. The number of aliphatic carboxylic acids is 3. The second-order valence-corrected chi connectivity index (χ2v) is 3.93. The van der Waals surface area contributed by atoms with Gasteiger partial charge in [0.1, 0.15) is 0 Å². The summed E-state index contributed by atoms with van der Waals surface area (Å²) in [4.78, 5) is 29.4. The molecule has 0 rings (SSSR count). The molecule has 7 heteroatoms. The van der Waals surface area contributed by atoms with Crippen molar-refractivity contribution in [1.82, 2.24) is 0 Å². The third-order valence-electron chi connectivity index (χ3n) is 2.20. The van der Waals surface area contributed by atoms with Crippen molar-refractivity contribution < 1.29 is 59.3 Å². The molecule has 0 atom stereocenters. The first-order chi connectivity index (χ1) is 8.90. The maximum atomic E-state index is 10.1. The first-order valence-corrected chi connectivity index (χ1v) is 6.17. The van der Waals surface area contributed by atoms with Crippen molar-refractivity contribution in [2.24, 2.45) is 0 Å². The average Bonchev–Trinajstić information content (AvgIpc) is 2.32. The zero-order chi connectivity index (χ0) is 15.1. The molecule has 2 N–H and O–H groups in total. The Bertz CT molecular complexity index is 271. The minimum atomic E-state index is -0.990. The predicted octanol–water partition coefficient (Wildman–Crippen LogP) is -1.80. The van der Waals surface area contributed by atoms with E-state index in [1.54, 1.807) is 0 Å². The summed E-state index contributed by atoms with van der Waals surface area (Å²) in [6.07, 6.45) is 6.36. The molecule has 0 spiro atoms. The Kier molecular flexibility index (Phi) is 21.9. The van der Waals surface area contributed by atoms with Crippen molar-refractivity contribution >= 4 is 17.9 Å². The van der Waals surface area contributed by atoms with Crippen LogP contribution in [-0.4, -0.2) is 28.1 Å². The molecule has 0 aliphatic carbocycles. The van der Waals surface area contributed by atoms with Crippen LogP contribution in [0.5, 0.6) is 0 Å². The van der Waals surface area contributed by atoms with Crippen molar-refractivity contribution in [3.63, 3.8) is 0 Å². The number of carbonyl (C=O) groups excluding carboxylic acids is 1. The van der Waals surface area contributed by atoms with Crippen LogP contribution < -0.4 is 34.7 Å². The Balaban J connectivity index is -0.000000414. The molecule has 0 aromatic heterocycles. The van der Waals surface area contributed by atoms with E-state index in [0.717, 1.165) is 38.2 Å². The van der Waals surface area contributed by atoms with Crippen LogP contribution in [0, 0.1) is 0 Å². The Labute approximate surface area is 141 Å². The third-order valence-corrected chi connectivity index (χ3v) is 2.20. The number of rotatable bonds is 10. The largest absolute Gasteiger partial charge is 1.00 e. The molecule has 0 aromatic carbocycles. The number of carbonyl (C=O) groups is 3. The molecule has 0 heterocycles. The van der Waals surface area contributed by atoms with E-state index in [0.29, 0.717) is 6.42 Å². The normalized spacial score (nSPS) is 8.60. The SMILES string of the molecule is C=CC(=O)O.O=C([O-])CCCCCCCCC(=O)O.[Na+]. The van der Waals surface area contributed by atoms with Crippen LogP contribution in [0.25, 0.3) is 0 Å². The molecule has 0 saturated carbocycles. The zero-order valence-corrected chi connectivity index (χ0v) is 14.0. The maximum Gasteiger partial charge on any atom is 1.00 e. The fourth-order valence-corrected chi connectivity index (χ4v) is 1.25. The number of carboxylic acids is 3. The molecule has 110 valence electrons. The van der Waals surface area contributed by atoms with E-state index in [-0.39, 0.29) is 42.4 Å². The fraction of sp³-hybridized carbons (Fsp3) is 0.615. The van der Waals surface area contributed by atoms with Crippen molar-refractivity contribution in [1.29, 1.82) is 0 Å². The van der Waals surface area contributed by atoms with Crippen LogP contribution >= 0.6 is 0 Å². The minimum Gasteiger partial charge on any atom is -0.550 e. The molecular formula is C13H21NaO6. The van der Waals surface area contributed by atoms with E-state index in [1.165, 1.54) is 0 Å². The monoisotopic (exact) mass is 296 g/mol. The van der Waals surface area contributed by atoms with Crippen LogP contribution in [-0.2, 0) is 14.4 Å². The zero-order valence-electron chi connectivity index (χ0n) is 12.0. The van der Waals surface area contributed by atoms with Gasteiger partial charge in [-0.1, -0.05) is 32.3 Å². The number of carboxylic acid groups (broad SMARTS) is 3. The van der Waals surface area contributed by atoms with Crippen LogP contribution in [0.15, 0.2) is 12.7 Å². The maximum absolute atomic E-state index is 10.1. The first-order valence-electron chi connectivity index (χ1n) is 6.17. The topological polar surface area (TPSA) is 115 Å². The van der Waals surface area contributed by atoms with E-state index in [4.69, 9.17) is 10.2 Å². The van der Waals surface area contributed by atoms with Crippen molar-refractivity contribution in [2.45, 2.75) is 51.4 Å². The molecule has 0 aliphatic heterocycles. The number of hydrogen-bond acceptors (Lipinski definition) is 4. The molecule has 0 amide bonds. The van der Waals surface area contributed by atoms with Gasteiger partial charge >= 0.3 is 41.5 Å². The van der Waals surface area contributed by atoms with Gasteiger partial charge in [0.15, 0.2) is 0 Å². The minimum absolute atomic E-state index is 0. The summed E-state index contributed by atoms with van der Waals surface area (Å²) in [5.74, 6) is -2.72. The summed E-state index contributed by atoms with van der Waals surface area (Å²) in [5, 5.41) is 26.0. The summed E-state index contributed by atoms with van der Waals surface area (Å²) in [7, 11) is 0. The van der Waals surface area contributed by atoms with E-state index in [2.05, 4.69) is 6.58 Å². The third kappa shape index (κ3) is 30.3. The average molecular weight is 296 g/mol. The molecule has 6 nitrogen and oxygen atoms in total. The summed E-state index contributed by atoms with van der Waals surface area (Å²) >= 11 is 0. The second kappa shape index (κ2) is 18.1. The fourth-order valence-electron chi connectivity index (χ4n) is 1.25. The van der Waals surface area contributed by atoms with Gasteiger partial charge in [-0.25, -0.2) is 4.79 Å². The van der Waals surface area contributed by atoms with Gasteiger partial charge in [0.05, 0.1) is 0 Å². The molecule has 0 fully saturated rings. The summed E-state index contributed by atoms with van der Waals surface area (Å²) in [5.41, 5.74) is 0. The summed E-state index contributed by atoms with van der Waals surface area (Å²) in [6.45, 7) is 2.96. The van der Waals surface area contributed by atoms with Gasteiger partial charge in [-0.15, -0.1) is 0 Å². The first kappa shape index (κ1) is 24.2. The van der Waals surface area contributed by atoms with Gasteiger partial charge in [-0.2, -0.15) is 0 Å². The van der Waals surface area contributed by atoms with Crippen molar-refractivity contribution in [3.8, 4) is 0 Å². The summed E-state index contributed by atoms with van der Waals surface area (Å²) < 4.78 is 0. The smallest absolute Gasteiger partial charge is 0.550 e. The van der Waals surface area contributed by atoms with Gasteiger partial charge in [-0.3, -0.25) is 4.79 Å². The molecule has 0 aromatic rings. The predicted molar refractivity (Wildman–Crippen MR) is 67.4 cm³/mol. The van der Waals surface area contributed by atoms with Crippen molar-refractivity contribution in [3.05, 3.63) is 12.7 Å². The van der Waals surface area contributed by atoms with Crippen LogP contribution in [0.2, 0.25) is 0 Å². The van der Waals surface area contributed by atoms with Gasteiger partial charge in [0, 0.05) is 18.5 Å². The van der Waals surface area contributed by atoms with E-state index < -0.39 is 17.9 Å². The second-order valence-electron chi connectivity index (χ2n) is 3.93. The van der Waals surface area contributed by atoms with E-state index in [9.17, 15) is 19.5 Å². The molecule has 0 radical (unpaired) electrons. The molecule has 0 saturated heterocycles. The van der Waals surface area contributed by atoms with E-state index in [1.807, 2.05) is 0 Å². The standard InChI is InChI=1S/C10H18O4.C3H4O2.Na/c11-9(12)7-5-3-1-2-4-6-8-10(13)14;1-2-3(4)5;/h1-8H2,(H,11,12)(H,13,14);2H,1H2,(H,4,5);/q;;+1/p-1. The van der Waals surface area contributed by atoms with Gasteiger partial charge < -0.3 is 20.1 Å². The molecule has 20 heavy (non-hydrogen) atoms. The molecular weight excluding hydrogens is 275 g/mol. The Morgan fingerprint density at radius 1 is 0.900 bits per heavy atom. The number of unbranched alkanes of at least 4 members (excludes halogenated alkanes) is 5. The Hall–Kier alpha value is -0.850. The van der Waals surface area contributed by atoms with Crippen LogP contribution in [0.3, 0.4) is 0 Å². The van der Waals surface area contributed by atoms with Crippen LogP contribution in [0.1, 0.15) is 51.4 Å². The van der Waals surface area contributed by atoms with Crippen LogP contribution in [0.4, 0.5) is 0 Å². The molecule has 0 unspecified atom stereocenters. The quantitative estimate of drug-likeness (QED) is 0.279. The van der Waals surface area contributed by atoms with Gasteiger partial charge in [0.25, 0.3) is 0 Å². The Morgan fingerprint density at radius 3 is 1.55 bits per heavy atom. The van der Waals surface area contributed by atoms with Gasteiger partial charge in [0.2, 0.25) is 0 Å². The van der Waals surface area contributed by atoms with E-state index >= 15 is 0 Å². The van der Waals surface area contributed by atoms with Gasteiger partial charge in [-0.05, 0) is 19.3 Å².